The summed E-state index contributed by atoms with van der Waals surface area (Å²) in [5, 5.41) is 1.23. The first-order valence-corrected chi connectivity index (χ1v) is 8.31. The average molecular weight is 295 g/mol. The Morgan fingerprint density at radius 2 is 1.60 bits per heavy atom. The molecule has 0 heterocycles. The number of benzene rings is 1. The maximum Gasteiger partial charge on any atom is 0.234 e. The minimum absolute atomic E-state index is 0.0646. The molecule has 0 aliphatic heterocycles. The first-order valence-electron chi connectivity index (χ1n) is 6.76. The topological polar surface area (TPSA) is 46.2 Å². The van der Waals surface area contributed by atoms with E-state index in [1.165, 1.54) is 5.41 Å². The predicted octanol–water partition coefficient (Wildman–Crippen LogP) is 3.79. The van der Waals surface area contributed by atoms with Crippen molar-refractivity contribution in [2.75, 3.05) is 0 Å². The molecule has 0 aliphatic rings. The van der Waals surface area contributed by atoms with Crippen LogP contribution in [0, 0.1) is 5.41 Å². The molecule has 0 amide bonds. The van der Waals surface area contributed by atoms with Gasteiger partial charge in [-0.1, -0.05) is 51.1 Å². The summed E-state index contributed by atoms with van der Waals surface area (Å²) in [6.45, 7) is 10.1. The van der Waals surface area contributed by atoms with E-state index in [0.29, 0.717) is 0 Å². The molecule has 0 saturated heterocycles. The van der Waals surface area contributed by atoms with Gasteiger partial charge in [-0.15, -0.1) is 0 Å². The molecule has 0 unspecified atom stereocenters. The predicted molar refractivity (Wildman–Crippen MR) is 85.7 cm³/mol. The molecule has 0 radical (unpaired) electrons. The summed E-state index contributed by atoms with van der Waals surface area (Å²) in [6, 6.07) is 9.39. The van der Waals surface area contributed by atoms with Crippen LogP contribution < -0.4 is 4.72 Å². The first kappa shape index (κ1) is 16.9. The van der Waals surface area contributed by atoms with Crippen molar-refractivity contribution in [3.63, 3.8) is 0 Å². The molecular formula is C16H25NO2S. The van der Waals surface area contributed by atoms with Crippen LogP contribution >= 0.6 is 0 Å². The zero-order valence-electron chi connectivity index (χ0n) is 13.0. The number of nitrogens with one attached hydrogen (secondary N) is 1. The standard InChI is InChI=1S/C16H25NO2S/c1-15(2,3)13-16(4,5)17-20(18,19)12-11-14-9-7-6-8-10-14/h6-12,17H,13H2,1-5H3. The minimum Gasteiger partial charge on any atom is -0.208 e. The number of sulfonamides is 1. The molecule has 112 valence electrons. The lowest BCUT2D eigenvalue weighted by Gasteiger charge is -2.32. The normalized spacial score (nSPS) is 13.8. The molecule has 1 aromatic carbocycles. The molecule has 1 N–H and O–H groups in total. The summed E-state index contributed by atoms with van der Waals surface area (Å²) >= 11 is 0. The van der Waals surface area contributed by atoms with Gasteiger partial charge in [-0.2, -0.15) is 0 Å². The van der Waals surface area contributed by atoms with E-state index < -0.39 is 15.6 Å². The van der Waals surface area contributed by atoms with Crippen LogP contribution in [-0.2, 0) is 10.0 Å². The van der Waals surface area contributed by atoms with Crippen molar-refractivity contribution >= 4 is 16.1 Å². The van der Waals surface area contributed by atoms with Gasteiger partial charge < -0.3 is 0 Å². The van der Waals surface area contributed by atoms with Crippen LogP contribution in [0.4, 0.5) is 0 Å². The van der Waals surface area contributed by atoms with Crippen LogP contribution in [0.2, 0.25) is 0 Å². The third kappa shape index (κ3) is 6.87. The zero-order chi connectivity index (χ0) is 15.4. The van der Waals surface area contributed by atoms with Crippen LogP contribution in [-0.4, -0.2) is 14.0 Å². The molecular weight excluding hydrogens is 270 g/mol. The lowest BCUT2D eigenvalue weighted by atomic mass is 9.82. The monoisotopic (exact) mass is 295 g/mol. The van der Waals surface area contributed by atoms with Crippen molar-refractivity contribution in [2.45, 2.75) is 46.6 Å². The fraction of sp³-hybridized carbons (Fsp3) is 0.500. The van der Waals surface area contributed by atoms with E-state index in [0.717, 1.165) is 12.0 Å². The van der Waals surface area contributed by atoms with E-state index in [9.17, 15) is 8.42 Å². The number of rotatable bonds is 5. The molecule has 0 saturated carbocycles. The molecule has 0 spiro atoms. The number of hydrogen-bond donors (Lipinski definition) is 1. The summed E-state index contributed by atoms with van der Waals surface area (Å²) in [5.41, 5.74) is 0.458. The SMILES string of the molecule is CC(C)(C)CC(C)(C)NS(=O)(=O)C=Cc1ccccc1. The highest BCUT2D eigenvalue weighted by atomic mass is 32.2. The molecule has 0 bridgehead atoms. The van der Waals surface area contributed by atoms with E-state index in [1.807, 2.05) is 44.2 Å². The lowest BCUT2D eigenvalue weighted by Crippen LogP contribution is -2.44. The highest BCUT2D eigenvalue weighted by molar-refractivity contribution is 7.92. The van der Waals surface area contributed by atoms with E-state index >= 15 is 0 Å². The fourth-order valence-corrected chi connectivity index (χ4v) is 3.76. The molecule has 0 fully saturated rings. The van der Waals surface area contributed by atoms with Gasteiger partial charge in [-0.25, -0.2) is 13.1 Å². The average Bonchev–Trinajstić information content (AvgIpc) is 2.23. The third-order valence-corrected chi connectivity index (χ3v) is 3.96. The maximum atomic E-state index is 12.1. The largest absolute Gasteiger partial charge is 0.234 e. The van der Waals surface area contributed by atoms with Crippen LogP contribution in [0.5, 0.6) is 0 Å². The van der Waals surface area contributed by atoms with Crippen molar-refractivity contribution in [2.24, 2.45) is 5.41 Å². The summed E-state index contributed by atoms with van der Waals surface area (Å²) < 4.78 is 27.0. The van der Waals surface area contributed by atoms with Crippen molar-refractivity contribution in [3.05, 3.63) is 41.3 Å². The van der Waals surface area contributed by atoms with Crippen LogP contribution in [0.3, 0.4) is 0 Å². The van der Waals surface area contributed by atoms with Gasteiger partial charge in [-0.3, -0.25) is 0 Å². The first-order chi connectivity index (χ1) is 8.99. The minimum atomic E-state index is -3.44. The van der Waals surface area contributed by atoms with Gasteiger partial charge in [-0.05, 0) is 37.3 Å². The quantitative estimate of drug-likeness (QED) is 0.898. The highest BCUT2D eigenvalue weighted by Crippen LogP contribution is 2.27. The molecule has 0 aromatic heterocycles. The fourth-order valence-electron chi connectivity index (χ4n) is 2.51. The molecule has 3 nitrogen and oxygen atoms in total. The molecule has 1 rings (SSSR count). The van der Waals surface area contributed by atoms with E-state index in [2.05, 4.69) is 25.5 Å². The molecule has 4 heteroatoms. The van der Waals surface area contributed by atoms with E-state index in [-0.39, 0.29) is 5.41 Å². The Morgan fingerprint density at radius 3 is 2.10 bits per heavy atom. The number of hydrogen-bond acceptors (Lipinski definition) is 2. The van der Waals surface area contributed by atoms with Gasteiger partial charge in [0.2, 0.25) is 10.0 Å². The van der Waals surface area contributed by atoms with Crippen molar-refractivity contribution in [1.82, 2.24) is 4.72 Å². The third-order valence-electron chi connectivity index (χ3n) is 2.63. The highest BCUT2D eigenvalue weighted by Gasteiger charge is 2.28. The molecule has 0 aliphatic carbocycles. The van der Waals surface area contributed by atoms with Gasteiger partial charge >= 0.3 is 0 Å². The Morgan fingerprint density at radius 1 is 1.05 bits per heavy atom. The van der Waals surface area contributed by atoms with Gasteiger partial charge in [0.25, 0.3) is 0 Å². The summed E-state index contributed by atoms with van der Waals surface area (Å²) in [4.78, 5) is 0. The van der Waals surface area contributed by atoms with E-state index in [4.69, 9.17) is 0 Å². The Kier molecular flexibility index (Phi) is 5.16. The van der Waals surface area contributed by atoms with Crippen LogP contribution in [0.25, 0.3) is 6.08 Å². The summed E-state index contributed by atoms with van der Waals surface area (Å²) in [7, 11) is -3.44. The Bertz CT molecular complexity index is 552. The van der Waals surface area contributed by atoms with E-state index in [1.54, 1.807) is 6.08 Å². The second-order valence-electron chi connectivity index (χ2n) is 6.98. The van der Waals surface area contributed by atoms with Gasteiger partial charge in [0, 0.05) is 10.9 Å². The van der Waals surface area contributed by atoms with Crippen molar-refractivity contribution in [3.8, 4) is 0 Å². The molecule has 1 aromatic rings. The van der Waals surface area contributed by atoms with Crippen LogP contribution in [0.15, 0.2) is 35.7 Å². The second kappa shape index (κ2) is 6.10. The zero-order valence-corrected chi connectivity index (χ0v) is 13.8. The lowest BCUT2D eigenvalue weighted by molar-refractivity contribution is 0.270. The Balaban J connectivity index is 2.78. The van der Waals surface area contributed by atoms with Gasteiger partial charge in [0.15, 0.2) is 0 Å². The van der Waals surface area contributed by atoms with Crippen molar-refractivity contribution < 1.29 is 8.42 Å². The molecule has 0 atom stereocenters. The Labute approximate surface area is 123 Å². The van der Waals surface area contributed by atoms with Gasteiger partial charge in [0.05, 0.1) is 0 Å². The summed E-state index contributed by atoms with van der Waals surface area (Å²) in [6.07, 6.45) is 2.37. The van der Waals surface area contributed by atoms with Crippen LogP contribution in [0.1, 0.15) is 46.6 Å². The van der Waals surface area contributed by atoms with Gasteiger partial charge in [0.1, 0.15) is 0 Å². The maximum absolute atomic E-state index is 12.1. The van der Waals surface area contributed by atoms with Crippen molar-refractivity contribution in [1.29, 1.82) is 0 Å². The second-order valence-corrected chi connectivity index (χ2v) is 8.55. The molecule has 20 heavy (non-hydrogen) atoms. The Hall–Kier alpha value is -1.13. The smallest absolute Gasteiger partial charge is 0.208 e. The summed E-state index contributed by atoms with van der Waals surface area (Å²) in [5.74, 6) is 0.